The first-order valence-electron chi connectivity index (χ1n) is 6.06. The van der Waals surface area contributed by atoms with Crippen molar-refractivity contribution in [3.8, 4) is 0 Å². The number of benzene rings is 1. The van der Waals surface area contributed by atoms with Gasteiger partial charge in [0.2, 0.25) is 0 Å². The van der Waals surface area contributed by atoms with E-state index in [1.54, 1.807) is 25.1 Å². The van der Waals surface area contributed by atoms with E-state index in [4.69, 9.17) is 33.7 Å². The smallest absolute Gasteiger partial charge is 0.340 e. The van der Waals surface area contributed by atoms with Crippen LogP contribution in [0.15, 0.2) is 40.4 Å². The number of hydrogen-bond acceptors (Lipinski definition) is 5. The van der Waals surface area contributed by atoms with Crippen molar-refractivity contribution in [2.24, 2.45) is 0 Å². The van der Waals surface area contributed by atoms with Gasteiger partial charge in [0, 0.05) is 9.92 Å². The Bertz CT molecular complexity index is 680. The van der Waals surface area contributed by atoms with E-state index in [0.29, 0.717) is 31.2 Å². The fourth-order valence-corrected chi connectivity index (χ4v) is 2.95. The van der Waals surface area contributed by atoms with Crippen molar-refractivity contribution in [2.45, 2.75) is 16.8 Å². The molecule has 0 saturated heterocycles. The Morgan fingerprint density at radius 1 is 1.38 bits per heavy atom. The summed E-state index contributed by atoms with van der Waals surface area (Å²) >= 11 is 13.3. The summed E-state index contributed by atoms with van der Waals surface area (Å²) in [7, 11) is 0. The summed E-state index contributed by atoms with van der Waals surface area (Å²) in [5.41, 5.74) is 6.37. The zero-order valence-electron chi connectivity index (χ0n) is 11.1. The standard InChI is InChI=1S/C14H12Cl2N2O2S/c1-2-20-14(19)10-6-9(17)7-18-13(10)21-12-5-8(15)3-4-11(12)16/h3-7H,2,17H2,1H3. The molecular weight excluding hydrogens is 331 g/mol. The zero-order valence-corrected chi connectivity index (χ0v) is 13.4. The lowest BCUT2D eigenvalue weighted by molar-refractivity contribution is 0.0521. The van der Waals surface area contributed by atoms with Gasteiger partial charge in [-0.25, -0.2) is 9.78 Å². The average molecular weight is 343 g/mol. The predicted molar refractivity (Wildman–Crippen MR) is 85.2 cm³/mol. The van der Waals surface area contributed by atoms with E-state index >= 15 is 0 Å². The highest BCUT2D eigenvalue weighted by molar-refractivity contribution is 7.99. The number of nitrogen functional groups attached to an aromatic ring is 1. The highest BCUT2D eigenvalue weighted by Gasteiger charge is 2.17. The van der Waals surface area contributed by atoms with E-state index in [2.05, 4.69) is 4.98 Å². The molecule has 0 aliphatic carbocycles. The van der Waals surface area contributed by atoms with Crippen LogP contribution in [0.1, 0.15) is 17.3 Å². The molecule has 0 radical (unpaired) electrons. The van der Waals surface area contributed by atoms with Crippen LogP contribution in [0.3, 0.4) is 0 Å². The molecule has 21 heavy (non-hydrogen) atoms. The van der Waals surface area contributed by atoms with Gasteiger partial charge in [0.1, 0.15) is 5.03 Å². The molecule has 4 nitrogen and oxygen atoms in total. The van der Waals surface area contributed by atoms with Crippen LogP contribution in [0, 0.1) is 0 Å². The van der Waals surface area contributed by atoms with Gasteiger partial charge in [-0.05, 0) is 31.2 Å². The van der Waals surface area contributed by atoms with Crippen molar-refractivity contribution in [2.75, 3.05) is 12.3 Å². The first-order chi connectivity index (χ1) is 10.0. The summed E-state index contributed by atoms with van der Waals surface area (Å²) in [6.07, 6.45) is 1.48. The summed E-state index contributed by atoms with van der Waals surface area (Å²) < 4.78 is 5.01. The number of carbonyl (C=O) groups excluding carboxylic acids is 1. The van der Waals surface area contributed by atoms with Gasteiger partial charge in [0.15, 0.2) is 0 Å². The van der Waals surface area contributed by atoms with Gasteiger partial charge in [0.25, 0.3) is 0 Å². The van der Waals surface area contributed by atoms with Crippen molar-refractivity contribution in [1.29, 1.82) is 0 Å². The Morgan fingerprint density at radius 2 is 2.14 bits per heavy atom. The fraction of sp³-hybridized carbons (Fsp3) is 0.143. The van der Waals surface area contributed by atoms with E-state index in [1.807, 2.05) is 0 Å². The molecule has 110 valence electrons. The number of nitrogens with zero attached hydrogens (tertiary/aromatic N) is 1. The van der Waals surface area contributed by atoms with Gasteiger partial charge < -0.3 is 10.5 Å². The second-order valence-corrected chi connectivity index (χ2v) is 5.89. The molecular formula is C14H12Cl2N2O2S. The molecule has 1 aromatic heterocycles. The Labute approximate surface area is 136 Å². The van der Waals surface area contributed by atoms with Crippen molar-refractivity contribution in [3.63, 3.8) is 0 Å². The van der Waals surface area contributed by atoms with E-state index in [0.717, 1.165) is 0 Å². The highest BCUT2D eigenvalue weighted by Crippen LogP contribution is 2.36. The quantitative estimate of drug-likeness (QED) is 0.839. The number of ether oxygens (including phenoxy) is 1. The normalized spacial score (nSPS) is 10.4. The molecule has 0 fully saturated rings. The van der Waals surface area contributed by atoms with Gasteiger partial charge in [-0.15, -0.1) is 0 Å². The monoisotopic (exact) mass is 342 g/mol. The van der Waals surface area contributed by atoms with E-state index in [1.165, 1.54) is 24.0 Å². The maximum Gasteiger partial charge on any atom is 0.340 e. The molecule has 1 heterocycles. The highest BCUT2D eigenvalue weighted by atomic mass is 35.5. The molecule has 2 aromatic rings. The number of halogens is 2. The van der Waals surface area contributed by atoms with Crippen LogP contribution in [0.4, 0.5) is 5.69 Å². The van der Waals surface area contributed by atoms with Gasteiger partial charge >= 0.3 is 5.97 Å². The largest absolute Gasteiger partial charge is 0.462 e. The summed E-state index contributed by atoms with van der Waals surface area (Å²) in [6, 6.07) is 6.62. The van der Waals surface area contributed by atoms with Gasteiger partial charge in [-0.3, -0.25) is 0 Å². The minimum atomic E-state index is -0.474. The summed E-state index contributed by atoms with van der Waals surface area (Å²) in [4.78, 5) is 16.9. The number of aromatic nitrogens is 1. The second kappa shape index (κ2) is 7.02. The van der Waals surface area contributed by atoms with Crippen LogP contribution in [-0.4, -0.2) is 17.6 Å². The molecule has 7 heteroatoms. The minimum Gasteiger partial charge on any atom is -0.462 e. The third kappa shape index (κ3) is 4.03. The van der Waals surface area contributed by atoms with E-state index < -0.39 is 5.97 Å². The van der Waals surface area contributed by atoms with Gasteiger partial charge in [0.05, 0.1) is 29.1 Å². The molecule has 2 rings (SSSR count). The molecule has 0 amide bonds. The SMILES string of the molecule is CCOC(=O)c1cc(N)cnc1Sc1cc(Cl)ccc1Cl. The summed E-state index contributed by atoms with van der Waals surface area (Å²) in [6.45, 7) is 2.01. The predicted octanol–water partition coefficient (Wildman–Crippen LogP) is 4.30. The molecule has 0 spiro atoms. The zero-order chi connectivity index (χ0) is 15.4. The van der Waals surface area contributed by atoms with Gasteiger partial charge in [-0.1, -0.05) is 35.0 Å². The van der Waals surface area contributed by atoms with Crippen LogP contribution in [0.25, 0.3) is 0 Å². The molecule has 2 N–H and O–H groups in total. The number of nitrogens with two attached hydrogens (primary N) is 1. The lowest BCUT2D eigenvalue weighted by Gasteiger charge is -2.09. The molecule has 0 atom stereocenters. The van der Waals surface area contributed by atoms with Crippen molar-refractivity contribution in [1.82, 2.24) is 4.98 Å². The van der Waals surface area contributed by atoms with Gasteiger partial charge in [-0.2, -0.15) is 0 Å². The molecule has 0 aliphatic heterocycles. The second-order valence-electron chi connectivity index (χ2n) is 4.02. The number of carbonyl (C=O) groups is 1. The Morgan fingerprint density at radius 3 is 2.86 bits per heavy atom. The van der Waals surface area contributed by atoms with Crippen molar-refractivity contribution >= 4 is 46.6 Å². The number of pyridine rings is 1. The maximum absolute atomic E-state index is 12.0. The Balaban J connectivity index is 2.39. The first-order valence-corrected chi connectivity index (χ1v) is 7.64. The summed E-state index contributed by atoms with van der Waals surface area (Å²) in [5.74, 6) is -0.474. The van der Waals surface area contributed by atoms with E-state index in [9.17, 15) is 4.79 Å². The maximum atomic E-state index is 12.0. The Hall–Kier alpha value is -1.43. The van der Waals surface area contributed by atoms with Crippen LogP contribution >= 0.6 is 35.0 Å². The number of rotatable bonds is 4. The van der Waals surface area contributed by atoms with Crippen LogP contribution in [-0.2, 0) is 4.74 Å². The van der Waals surface area contributed by atoms with E-state index in [-0.39, 0.29) is 6.61 Å². The molecule has 1 aromatic carbocycles. The third-order valence-electron chi connectivity index (χ3n) is 2.47. The average Bonchev–Trinajstić information content (AvgIpc) is 2.45. The molecule has 0 bridgehead atoms. The minimum absolute atomic E-state index is 0.273. The third-order valence-corrected chi connectivity index (χ3v) is 4.22. The molecule has 0 aliphatic rings. The summed E-state index contributed by atoms with van der Waals surface area (Å²) in [5, 5.41) is 1.54. The van der Waals surface area contributed by atoms with Crippen molar-refractivity contribution in [3.05, 3.63) is 46.1 Å². The van der Waals surface area contributed by atoms with Crippen LogP contribution in [0.2, 0.25) is 10.0 Å². The Kier molecular flexibility index (Phi) is 5.33. The number of esters is 1. The van der Waals surface area contributed by atoms with Crippen molar-refractivity contribution < 1.29 is 9.53 Å². The van der Waals surface area contributed by atoms with Crippen LogP contribution < -0.4 is 5.73 Å². The topological polar surface area (TPSA) is 65.2 Å². The fourth-order valence-electron chi connectivity index (χ4n) is 1.56. The number of anilines is 1. The van der Waals surface area contributed by atoms with Crippen LogP contribution in [0.5, 0.6) is 0 Å². The molecule has 0 unspecified atom stereocenters. The number of hydrogen-bond donors (Lipinski definition) is 1. The first kappa shape index (κ1) is 15.9. The lowest BCUT2D eigenvalue weighted by Crippen LogP contribution is -2.08. The lowest BCUT2D eigenvalue weighted by atomic mass is 10.2. The molecule has 0 saturated carbocycles.